The number of benzene rings is 1. The molecule has 3 nitrogen and oxygen atoms in total. The van der Waals surface area contributed by atoms with Gasteiger partial charge in [0.1, 0.15) is 5.76 Å². The molecule has 0 spiro atoms. The lowest BCUT2D eigenvalue weighted by atomic mass is 9.74. The smallest absolute Gasteiger partial charge is 0.109 e. The maximum absolute atomic E-state index is 9.75. The summed E-state index contributed by atoms with van der Waals surface area (Å²) in [7, 11) is 0. The first-order valence-corrected chi connectivity index (χ1v) is 7.57. The van der Waals surface area contributed by atoms with Gasteiger partial charge in [-0.3, -0.25) is 0 Å². The van der Waals surface area contributed by atoms with Crippen LogP contribution in [0.1, 0.15) is 49.2 Å². The first-order valence-electron chi connectivity index (χ1n) is 7.57. The molecule has 2 aromatic rings. The minimum atomic E-state index is -0.0483. The van der Waals surface area contributed by atoms with E-state index in [4.69, 9.17) is 4.42 Å². The molecule has 3 heteroatoms. The highest BCUT2D eigenvalue weighted by Crippen LogP contribution is 2.42. The van der Waals surface area contributed by atoms with Crippen LogP contribution in [0.2, 0.25) is 0 Å². The maximum Gasteiger partial charge on any atom is 0.109 e. The van der Waals surface area contributed by atoms with Crippen LogP contribution in [-0.2, 0) is 6.42 Å². The van der Waals surface area contributed by atoms with E-state index in [1.807, 2.05) is 18.2 Å². The third kappa shape index (κ3) is 3.04. The molecule has 1 aromatic heterocycles. The SMILES string of the molecule is CC1(C)Cc2occc2C(NC(CO)c2ccccc2)C1. The number of nitrogens with one attached hydrogen (secondary N) is 1. The molecule has 0 bridgehead atoms. The molecule has 112 valence electrons. The van der Waals surface area contributed by atoms with Gasteiger partial charge in [-0.1, -0.05) is 44.2 Å². The molecule has 2 unspecified atom stereocenters. The Hall–Kier alpha value is -1.58. The van der Waals surface area contributed by atoms with Gasteiger partial charge in [0.25, 0.3) is 0 Å². The van der Waals surface area contributed by atoms with Gasteiger partial charge in [-0.05, 0) is 23.5 Å². The third-order valence-electron chi connectivity index (χ3n) is 4.34. The Labute approximate surface area is 126 Å². The fourth-order valence-corrected chi connectivity index (χ4v) is 3.31. The zero-order chi connectivity index (χ0) is 14.9. The lowest BCUT2D eigenvalue weighted by molar-refractivity contribution is 0.191. The van der Waals surface area contributed by atoms with Crippen molar-refractivity contribution in [1.82, 2.24) is 5.32 Å². The Morgan fingerprint density at radius 2 is 2.05 bits per heavy atom. The van der Waals surface area contributed by atoms with E-state index in [1.54, 1.807) is 6.26 Å². The van der Waals surface area contributed by atoms with Crippen molar-refractivity contribution in [3.05, 3.63) is 59.5 Å². The van der Waals surface area contributed by atoms with Crippen LogP contribution < -0.4 is 5.32 Å². The van der Waals surface area contributed by atoms with Gasteiger partial charge in [0.15, 0.2) is 0 Å². The first-order chi connectivity index (χ1) is 10.1. The molecule has 21 heavy (non-hydrogen) atoms. The van der Waals surface area contributed by atoms with Crippen LogP contribution in [0.5, 0.6) is 0 Å². The average Bonchev–Trinajstić information content (AvgIpc) is 2.92. The van der Waals surface area contributed by atoms with Crippen molar-refractivity contribution in [2.24, 2.45) is 5.41 Å². The van der Waals surface area contributed by atoms with E-state index in [-0.39, 0.29) is 24.1 Å². The van der Waals surface area contributed by atoms with Crippen LogP contribution in [-0.4, -0.2) is 11.7 Å². The van der Waals surface area contributed by atoms with E-state index in [1.165, 1.54) is 5.56 Å². The number of aliphatic hydroxyl groups excluding tert-OH is 1. The summed E-state index contributed by atoms with van der Waals surface area (Å²) >= 11 is 0. The van der Waals surface area contributed by atoms with Crippen LogP contribution in [0.25, 0.3) is 0 Å². The first kappa shape index (κ1) is 14.4. The summed E-state index contributed by atoms with van der Waals surface area (Å²) in [5.41, 5.74) is 2.57. The Bertz CT molecular complexity index is 588. The summed E-state index contributed by atoms with van der Waals surface area (Å²) in [4.78, 5) is 0. The van der Waals surface area contributed by atoms with Crippen molar-refractivity contribution >= 4 is 0 Å². The number of fused-ring (bicyclic) bond motifs is 1. The van der Waals surface area contributed by atoms with Gasteiger partial charge in [-0.2, -0.15) is 0 Å². The monoisotopic (exact) mass is 285 g/mol. The number of aliphatic hydroxyl groups is 1. The van der Waals surface area contributed by atoms with Crippen LogP contribution in [0.15, 0.2) is 47.1 Å². The quantitative estimate of drug-likeness (QED) is 0.902. The van der Waals surface area contributed by atoms with Crippen molar-refractivity contribution in [1.29, 1.82) is 0 Å². The summed E-state index contributed by atoms with van der Waals surface area (Å²) in [5, 5.41) is 13.4. The number of furan rings is 1. The van der Waals surface area contributed by atoms with Gasteiger partial charge < -0.3 is 14.8 Å². The molecule has 3 rings (SSSR count). The second-order valence-corrected chi connectivity index (χ2v) is 6.71. The molecule has 1 heterocycles. The minimum Gasteiger partial charge on any atom is -0.469 e. The lowest BCUT2D eigenvalue weighted by Crippen LogP contribution is -2.36. The standard InChI is InChI=1S/C18H23NO2/c1-18(2)10-15(14-8-9-21-17(14)11-18)19-16(12-20)13-6-4-3-5-7-13/h3-9,15-16,19-20H,10-12H2,1-2H3. The largest absolute Gasteiger partial charge is 0.469 e. The summed E-state index contributed by atoms with van der Waals surface area (Å²) in [6.07, 6.45) is 3.79. The van der Waals surface area contributed by atoms with Crippen molar-refractivity contribution < 1.29 is 9.52 Å². The number of rotatable bonds is 4. The van der Waals surface area contributed by atoms with E-state index in [0.717, 1.165) is 24.2 Å². The Balaban J connectivity index is 1.84. The van der Waals surface area contributed by atoms with Crippen molar-refractivity contribution in [3.8, 4) is 0 Å². The van der Waals surface area contributed by atoms with Crippen molar-refractivity contribution in [2.75, 3.05) is 6.61 Å². The van der Waals surface area contributed by atoms with E-state index >= 15 is 0 Å². The van der Waals surface area contributed by atoms with E-state index in [2.05, 4.69) is 37.4 Å². The highest BCUT2D eigenvalue weighted by Gasteiger charge is 2.35. The topological polar surface area (TPSA) is 45.4 Å². The van der Waals surface area contributed by atoms with Crippen LogP contribution in [0.4, 0.5) is 0 Å². The molecule has 0 radical (unpaired) electrons. The summed E-state index contributed by atoms with van der Waals surface area (Å²) < 4.78 is 5.64. The van der Waals surface area contributed by atoms with E-state index in [9.17, 15) is 5.11 Å². The van der Waals surface area contributed by atoms with Gasteiger partial charge in [-0.15, -0.1) is 0 Å². The Morgan fingerprint density at radius 3 is 2.76 bits per heavy atom. The minimum absolute atomic E-state index is 0.0483. The summed E-state index contributed by atoms with van der Waals surface area (Å²) in [6, 6.07) is 12.3. The fraction of sp³-hybridized carbons (Fsp3) is 0.444. The van der Waals surface area contributed by atoms with Crippen LogP contribution in [0, 0.1) is 5.41 Å². The van der Waals surface area contributed by atoms with Gasteiger partial charge >= 0.3 is 0 Å². The lowest BCUT2D eigenvalue weighted by Gasteiger charge is -2.36. The molecule has 0 aliphatic heterocycles. The second-order valence-electron chi connectivity index (χ2n) is 6.71. The van der Waals surface area contributed by atoms with Gasteiger partial charge in [0.05, 0.1) is 18.9 Å². The molecular weight excluding hydrogens is 262 g/mol. The third-order valence-corrected chi connectivity index (χ3v) is 4.34. The highest BCUT2D eigenvalue weighted by molar-refractivity contribution is 5.27. The van der Waals surface area contributed by atoms with Gasteiger partial charge in [0, 0.05) is 18.0 Å². The second kappa shape index (κ2) is 5.66. The van der Waals surface area contributed by atoms with Crippen LogP contribution >= 0.6 is 0 Å². The Morgan fingerprint density at radius 1 is 1.29 bits per heavy atom. The number of hydrogen-bond donors (Lipinski definition) is 2. The van der Waals surface area contributed by atoms with Crippen molar-refractivity contribution in [3.63, 3.8) is 0 Å². The summed E-state index contributed by atoms with van der Waals surface area (Å²) in [5.74, 6) is 1.08. The van der Waals surface area contributed by atoms with E-state index < -0.39 is 0 Å². The van der Waals surface area contributed by atoms with Gasteiger partial charge in [-0.25, -0.2) is 0 Å². The number of hydrogen-bond acceptors (Lipinski definition) is 3. The molecule has 0 amide bonds. The highest BCUT2D eigenvalue weighted by atomic mass is 16.3. The fourth-order valence-electron chi connectivity index (χ4n) is 3.31. The van der Waals surface area contributed by atoms with E-state index in [0.29, 0.717) is 0 Å². The zero-order valence-corrected chi connectivity index (χ0v) is 12.7. The average molecular weight is 285 g/mol. The molecule has 2 N–H and O–H groups in total. The summed E-state index contributed by atoms with van der Waals surface area (Å²) in [6.45, 7) is 4.63. The zero-order valence-electron chi connectivity index (χ0n) is 12.7. The van der Waals surface area contributed by atoms with Crippen LogP contribution in [0.3, 0.4) is 0 Å². The molecule has 0 saturated heterocycles. The Kier molecular flexibility index (Phi) is 3.87. The molecule has 1 aromatic carbocycles. The molecule has 0 fully saturated rings. The maximum atomic E-state index is 9.75. The molecule has 1 aliphatic carbocycles. The normalized spacial score (nSPS) is 21.8. The van der Waals surface area contributed by atoms with Crippen molar-refractivity contribution in [2.45, 2.75) is 38.8 Å². The predicted octanol–water partition coefficient (Wildman–Crippen LogP) is 3.62. The molecule has 2 atom stereocenters. The van der Waals surface area contributed by atoms with Gasteiger partial charge in [0.2, 0.25) is 0 Å². The predicted molar refractivity (Wildman–Crippen MR) is 83.0 cm³/mol. The molecule has 0 saturated carbocycles. The molecular formula is C18H23NO2. The molecule has 1 aliphatic rings.